The first-order valence-electron chi connectivity index (χ1n) is 7.47. The molecular formula is C17H18BrNO3S. The molecule has 0 spiro atoms. The van der Waals surface area contributed by atoms with Crippen molar-refractivity contribution >= 4 is 26.0 Å². The van der Waals surface area contributed by atoms with Crippen LogP contribution in [-0.4, -0.2) is 38.5 Å². The van der Waals surface area contributed by atoms with Gasteiger partial charge < -0.3 is 4.74 Å². The molecule has 1 saturated heterocycles. The Bertz CT molecular complexity index is 747. The van der Waals surface area contributed by atoms with Crippen LogP contribution in [0.3, 0.4) is 0 Å². The first-order valence-corrected chi connectivity index (χ1v) is 9.70. The number of hydrogen-bond acceptors (Lipinski definition) is 3. The van der Waals surface area contributed by atoms with Crippen molar-refractivity contribution in [3.63, 3.8) is 0 Å². The van der Waals surface area contributed by atoms with E-state index in [1.54, 1.807) is 24.3 Å². The minimum absolute atomic E-state index is 0.114. The van der Waals surface area contributed by atoms with Crippen LogP contribution in [0.5, 0.6) is 0 Å². The van der Waals surface area contributed by atoms with E-state index >= 15 is 0 Å². The fourth-order valence-electron chi connectivity index (χ4n) is 2.67. The van der Waals surface area contributed by atoms with Crippen LogP contribution >= 0.6 is 15.9 Å². The molecule has 1 atom stereocenters. The quantitative estimate of drug-likeness (QED) is 0.798. The molecule has 4 nitrogen and oxygen atoms in total. The Kier molecular flexibility index (Phi) is 5.16. The van der Waals surface area contributed by atoms with Crippen molar-refractivity contribution in [2.45, 2.75) is 17.4 Å². The zero-order valence-corrected chi connectivity index (χ0v) is 15.0. The van der Waals surface area contributed by atoms with Crippen molar-refractivity contribution in [2.24, 2.45) is 0 Å². The summed E-state index contributed by atoms with van der Waals surface area (Å²) in [7, 11) is -3.47. The fourth-order valence-corrected chi connectivity index (χ4v) is 4.39. The molecule has 0 saturated carbocycles. The van der Waals surface area contributed by atoms with E-state index in [2.05, 4.69) is 15.9 Å². The molecule has 122 valence electrons. The Hall–Kier alpha value is -1.21. The van der Waals surface area contributed by atoms with Gasteiger partial charge in [0, 0.05) is 17.6 Å². The van der Waals surface area contributed by atoms with E-state index in [-0.39, 0.29) is 6.10 Å². The standard InChI is InChI=1S/C17H18BrNO3S/c18-15-6-8-17(9-7-15)23(20,21)19-10-11-22-16(13-19)12-14-4-2-1-3-5-14/h1-9,16H,10-13H2. The molecule has 0 bridgehead atoms. The lowest BCUT2D eigenvalue weighted by atomic mass is 10.1. The predicted octanol–water partition coefficient (Wildman–Crippen LogP) is 3.08. The molecule has 1 aliphatic rings. The third-order valence-corrected chi connectivity index (χ3v) is 6.27. The SMILES string of the molecule is O=S(=O)(c1ccc(Br)cc1)N1CCOC(Cc2ccccc2)C1. The summed E-state index contributed by atoms with van der Waals surface area (Å²) in [6.07, 6.45) is 0.601. The minimum atomic E-state index is -3.47. The molecule has 0 aromatic heterocycles. The highest BCUT2D eigenvalue weighted by Crippen LogP contribution is 2.22. The van der Waals surface area contributed by atoms with Crippen LogP contribution in [0, 0.1) is 0 Å². The van der Waals surface area contributed by atoms with Crippen LogP contribution in [0.25, 0.3) is 0 Å². The van der Waals surface area contributed by atoms with Gasteiger partial charge in [0.25, 0.3) is 0 Å². The summed E-state index contributed by atoms with van der Waals surface area (Å²) in [5.74, 6) is 0. The van der Waals surface area contributed by atoms with Gasteiger partial charge in [0.15, 0.2) is 0 Å². The Morgan fingerprint density at radius 1 is 1.09 bits per heavy atom. The number of morpholine rings is 1. The molecule has 1 aliphatic heterocycles. The average molecular weight is 396 g/mol. The van der Waals surface area contributed by atoms with Gasteiger partial charge in [-0.15, -0.1) is 0 Å². The second-order valence-corrected chi connectivity index (χ2v) is 8.35. The van der Waals surface area contributed by atoms with E-state index in [1.807, 2.05) is 30.3 Å². The molecule has 3 rings (SSSR count). The Morgan fingerprint density at radius 2 is 1.78 bits per heavy atom. The number of halogens is 1. The summed E-state index contributed by atoms with van der Waals surface area (Å²) >= 11 is 3.33. The molecule has 1 fully saturated rings. The molecule has 2 aromatic rings. The number of benzene rings is 2. The van der Waals surface area contributed by atoms with Crippen molar-refractivity contribution in [3.8, 4) is 0 Å². The maximum atomic E-state index is 12.8. The normalized spacial score (nSPS) is 19.6. The van der Waals surface area contributed by atoms with Crippen LogP contribution in [0.4, 0.5) is 0 Å². The minimum Gasteiger partial charge on any atom is -0.375 e. The lowest BCUT2D eigenvalue weighted by molar-refractivity contribution is -0.000494. The number of nitrogens with zero attached hydrogens (tertiary/aromatic N) is 1. The second kappa shape index (κ2) is 7.13. The molecule has 1 heterocycles. The molecule has 23 heavy (non-hydrogen) atoms. The molecule has 2 aromatic carbocycles. The number of rotatable bonds is 4. The van der Waals surface area contributed by atoms with Crippen molar-refractivity contribution in [3.05, 3.63) is 64.6 Å². The van der Waals surface area contributed by atoms with Crippen molar-refractivity contribution in [2.75, 3.05) is 19.7 Å². The highest BCUT2D eigenvalue weighted by molar-refractivity contribution is 9.10. The summed E-state index contributed by atoms with van der Waals surface area (Å²) in [6, 6.07) is 16.7. The first kappa shape index (κ1) is 16.6. The van der Waals surface area contributed by atoms with Gasteiger partial charge in [-0.1, -0.05) is 46.3 Å². The summed E-state index contributed by atoms with van der Waals surface area (Å²) in [6.45, 7) is 1.20. The highest BCUT2D eigenvalue weighted by atomic mass is 79.9. The third-order valence-electron chi connectivity index (χ3n) is 3.86. The molecule has 0 amide bonds. The topological polar surface area (TPSA) is 46.6 Å². The molecular weight excluding hydrogens is 378 g/mol. The van der Waals surface area contributed by atoms with Gasteiger partial charge in [0.2, 0.25) is 10.0 Å². The largest absolute Gasteiger partial charge is 0.375 e. The summed E-state index contributed by atoms with van der Waals surface area (Å²) in [4.78, 5) is 0.320. The Balaban J connectivity index is 1.74. The van der Waals surface area contributed by atoms with Gasteiger partial charge >= 0.3 is 0 Å². The average Bonchev–Trinajstić information content (AvgIpc) is 2.56. The van der Waals surface area contributed by atoms with E-state index in [4.69, 9.17) is 4.74 Å². The number of ether oxygens (including phenoxy) is 1. The van der Waals surface area contributed by atoms with Crippen LogP contribution in [-0.2, 0) is 21.2 Å². The molecule has 0 radical (unpaired) electrons. The van der Waals surface area contributed by atoms with E-state index in [1.165, 1.54) is 4.31 Å². The van der Waals surface area contributed by atoms with Crippen LogP contribution in [0.2, 0.25) is 0 Å². The summed E-state index contributed by atoms with van der Waals surface area (Å²) in [5.41, 5.74) is 1.15. The van der Waals surface area contributed by atoms with Crippen molar-refractivity contribution < 1.29 is 13.2 Å². The van der Waals surface area contributed by atoms with Crippen LogP contribution < -0.4 is 0 Å². The fraction of sp³-hybridized carbons (Fsp3) is 0.294. The monoisotopic (exact) mass is 395 g/mol. The lowest BCUT2D eigenvalue weighted by Gasteiger charge is -2.32. The van der Waals surface area contributed by atoms with Gasteiger partial charge in [-0.05, 0) is 36.2 Å². The van der Waals surface area contributed by atoms with Gasteiger partial charge in [-0.2, -0.15) is 4.31 Å². The summed E-state index contributed by atoms with van der Waals surface area (Å²) < 4.78 is 33.6. The van der Waals surface area contributed by atoms with Crippen molar-refractivity contribution in [1.82, 2.24) is 4.31 Å². The van der Waals surface area contributed by atoms with E-state index < -0.39 is 10.0 Å². The van der Waals surface area contributed by atoms with Crippen LogP contribution in [0.15, 0.2) is 64.0 Å². The molecule has 1 unspecified atom stereocenters. The maximum absolute atomic E-state index is 12.8. The molecule has 6 heteroatoms. The lowest BCUT2D eigenvalue weighted by Crippen LogP contribution is -2.46. The second-order valence-electron chi connectivity index (χ2n) is 5.50. The maximum Gasteiger partial charge on any atom is 0.243 e. The third kappa shape index (κ3) is 4.01. The molecule has 0 aliphatic carbocycles. The highest BCUT2D eigenvalue weighted by Gasteiger charge is 2.30. The Labute approximate surface area is 145 Å². The van der Waals surface area contributed by atoms with Crippen molar-refractivity contribution in [1.29, 1.82) is 0 Å². The molecule has 0 N–H and O–H groups in total. The van der Waals surface area contributed by atoms with Gasteiger partial charge in [-0.25, -0.2) is 8.42 Å². The van der Waals surface area contributed by atoms with Gasteiger partial charge in [0.05, 0.1) is 17.6 Å². The van der Waals surface area contributed by atoms with E-state index in [0.717, 1.165) is 10.0 Å². The first-order chi connectivity index (χ1) is 11.1. The zero-order valence-electron chi connectivity index (χ0n) is 12.6. The van der Waals surface area contributed by atoms with E-state index in [0.29, 0.717) is 31.0 Å². The van der Waals surface area contributed by atoms with E-state index in [9.17, 15) is 8.42 Å². The van der Waals surface area contributed by atoms with Gasteiger partial charge in [0.1, 0.15) is 0 Å². The Morgan fingerprint density at radius 3 is 2.48 bits per heavy atom. The smallest absolute Gasteiger partial charge is 0.243 e. The predicted molar refractivity (Wildman–Crippen MR) is 92.8 cm³/mol. The van der Waals surface area contributed by atoms with Gasteiger partial charge in [-0.3, -0.25) is 0 Å². The number of hydrogen-bond donors (Lipinski definition) is 0. The zero-order chi connectivity index (χ0) is 16.3. The van der Waals surface area contributed by atoms with Crippen LogP contribution in [0.1, 0.15) is 5.56 Å². The number of sulfonamides is 1. The summed E-state index contributed by atoms with van der Waals surface area (Å²) in [5, 5.41) is 0.